The average Bonchev–Trinajstić information content (AvgIpc) is 2.82. The SMILES string of the molecule is COC(=O)c1ccc(NC(=O)Cn2nc(-c3cc(C)ccc3C)c3ccccc3c2=O)cc1. The highest BCUT2D eigenvalue weighted by Crippen LogP contribution is 2.28. The van der Waals surface area contributed by atoms with Gasteiger partial charge in [0.1, 0.15) is 6.54 Å². The molecule has 0 aliphatic rings. The molecule has 0 bridgehead atoms. The number of methoxy groups -OCH3 is 1. The van der Waals surface area contributed by atoms with Gasteiger partial charge in [-0.1, -0.05) is 35.9 Å². The molecule has 0 radical (unpaired) electrons. The smallest absolute Gasteiger partial charge is 0.337 e. The number of hydrogen-bond acceptors (Lipinski definition) is 5. The highest BCUT2D eigenvalue weighted by molar-refractivity contribution is 5.95. The Balaban J connectivity index is 1.69. The molecule has 0 saturated carbocycles. The van der Waals surface area contributed by atoms with E-state index in [1.54, 1.807) is 36.4 Å². The maximum absolute atomic E-state index is 13.1. The number of amides is 1. The minimum atomic E-state index is -0.459. The first kappa shape index (κ1) is 22.0. The molecule has 1 amide bonds. The Morgan fingerprint density at radius 2 is 1.67 bits per heavy atom. The van der Waals surface area contributed by atoms with Crippen LogP contribution in [-0.2, 0) is 16.1 Å². The van der Waals surface area contributed by atoms with Crippen molar-refractivity contribution in [2.24, 2.45) is 0 Å². The predicted molar refractivity (Wildman–Crippen MR) is 127 cm³/mol. The van der Waals surface area contributed by atoms with Gasteiger partial charge in [-0.15, -0.1) is 0 Å². The highest BCUT2D eigenvalue weighted by atomic mass is 16.5. The van der Waals surface area contributed by atoms with Gasteiger partial charge in [-0.3, -0.25) is 9.59 Å². The fourth-order valence-electron chi connectivity index (χ4n) is 3.68. The summed E-state index contributed by atoms with van der Waals surface area (Å²) in [5.41, 5.74) is 4.21. The van der Waals surface area contributed by atoms with Crippen LogP contribution in [0.15, 0.2) is 71.5 Å². The zero-order valence-corrected chi connectivity index (χ0v) is 18.6. The number of carbonyl (C=O) groups excluding carboxylic acids is 2. The van der Waals surface area contributed by atoms with Crippen LogP contribution in [0.4, 0.5) is 5.69 Å². The van der Waals surface area contributed by atoms with Crippen LogP contribution in [0.3, 0.4) is 0 Å². The minimum Gasteiger partial charge on any atom is -0.465 e. The first-order valence-corrected chi connectivity index (χ1v) is 10.4. The van der Waals surface area contributed by atoms with Gasteiger partial charge in [0, 0.05) is 16.6 Å². The Morgan fingerprint density at radius 3 is 2.36 bits per heavy atom. The third-order valence-electron chi connectivity index (χ3n) is 5.40. The van der Waals surface area contributed by atoms with Gasteiger partial charge in [0.25, 0.3) is 5.56 Å². The standard InChI is InChI=1S/C26H23N3O4/c1-16-8-9-17(2)22(14-16)24-20-6-4-5-7-21(20)25(31)29(28-24)15-23(30)27-19-12-10-18(11-13-19)26(32)33-3/h4-14H,15H2,1-3H3,(H,27,30). The van der Waals surface area contributed by atoms with Crippen molar-refractivity contribution in [3.63, 3.8) is 0 Å². The van der Waals surface area contributed by atoms with Crippen LogP contribution in [0, 0.1) is 13.8 Å². The van der Waals surface area contributed by atoms with Gasteiger partial charge in [0.2, 0.25) is 5.91 Å². The molecular formula is C26H23N3O4. The summed E-state index contributed by atoms with van der Waals surface area (Å²) in [5.74, 6) is -0.864. The normalized spacial score (nSPS) is 10.8. The summed E-state index contributed by atoms with van der Waals surface area (Å²) in [4.78, 5) is 37.4. The van der Waals surface area contributed by atoms with Crippen LogP contribution in [0.1, 0.15) is 21.5 Å². The van der Waals surface area contributed by atoms with Crippen LogP contribution in [0.25, 0.3) is 22.0 Å². The van der Waals surface area contributed by atoms with E-state index < -0.39 is 11.9 Å². The third-order valence-corrected chi connectivity index (χ3v) is 5.40. The van der Waals surface area contributed by atoms with Crippen LogP contribution < -0.4 is 10.9 Å². The van der Waals surface area contributed by atoms with E-state index in [9.17, 15) is 14.4 Å². The maximum atomic E-state index is 13.1. The Bertz CT molecular complexity index is 1420. The molecule has 7 nitrogen and oxygen atoms in total. The molecule has 0 aliphatic heterocycles. The Morgan fingerprint density at radius 1 is 0.970 bits per heavy atom. The van der Waals surface area contributed by atoms with Crippen molar-refractivity contribution in [2.45, 2.75) is 20.4 Å². The van der Waals surface area contributed by atoms with Crippen LogP contribution in [-0.4, -0.2) is 28.8 Å². The summed E-state index contributed by atoms with van der Waals surface area (Å²) in [6.45, 7) is 3.74. The zero-order chi connectivity index (χ0) is 23.5. The van der Waals surface area contributed by atoms with Crippen LogP contribution >= 0.6 is 0 Å². The average molecular weight is 441 g/mol. The third kappa shape index (κ3) is 4.52. The molecule has 1 heterocycles. The molecule has 4 rings (SSSR count). The van der Waals surface area contributed by atoms with E-state index in [-0.39, 0.29) is 12.1 Å². The summed E-state index contributed by atoms with van der Waals surface area (Å²) in [7, 11) is 1.30. The topological polar surface area (TPSA) is 90.3 Å². The molecule has 0 spiro atoms. The van der Waals surface area contributed by atoms with Crippen molar-refractivity contribution in [1.29, 1.82) is 0 Å². The molecule has 0 saturated heterocycles. The van der Waals surface area contributed by atoms with Crippen LogP contribution in [0.2, 0.25) is 0 Å². The number of fused-ring (bicyclic) bond motifs is 1. The maximum Gasteiger partial charge on any atom is 0.337 e. The van der Waals surface area contributed by atoms with Crippen LogP contribution in [0.5, 0.6) is 0 Å². The lowest BCUT2D eigenvalue weighted by Gasteiger charge is -2.13. The number of ether oxygens (including phenoxy) is 1. The van der Waals surface area contributed by atoms with E-state index in [0.29, 0.717) is 22.3 Å². The second-order valence-corrected chi connectivity index (χ2v) is 7.79. The van der Waals surface area contributed by atoms with Gasteiger partial charge < -0.3 is 10.1 Å². The molecule has 0 atom stereocenters. The molecule has 0 unspecified atom stereocenters. The van der Waals surface area contributed by atoms with E-state index in [1.165, 1.54) is 11.8 Å². The van der Waals surface area contributed by atoms with Crippen molar-refractivity contribution in [3.8, 4) is 11.3 Å². The molecule has 0 aliphatic carbocycles. The lowest BCUT2D eigenvalue weighted by molar-refractivity contribution is -0.117. The van der Waals surface area contributed by atoms with Gasteiger partial charge >= 0.3 is 5.97 Å². The second kappa shape index (κ2) is 9.08. The number of aromatic nitrogens is 2. The molecule has 4 aromatic rings. The van der Waals surface area contributed by atoms with Crippen molar-refractivity contribution < 1.29 is 14.3 Å². The molecule has 1 aromatic heterocycles. The number of nitrogens with zero attached hydrogens (tertiary/aromatic N) is 2. The van der Waals surface area contributed by atoms with E-state index >= 15 is 0 Å². The first-order chi connectivity index (χ1) is 15.9. The Kier molecular flexibility index (Phi) is 6.04. The Hall–Kier alpha value is -4.26. The number of anilines is 1. The van der Waals surface area contributed by atoms with E-state index in [1.807, 2.05) is 44.2 Å². The monoisotopic (exact) mass is 441 g/mol. The van der Waals surface area contributed by atoms with E-state index in [4.69, 9.17) is 0 Å². The summed E-state index contributed by atoms with van der Waals surface area (Å²) in [5, 5.41) is 8.56. The lowest BCUT2D eigenvalue weighted by Crippen LogP contribution is -2.30. The largest absolute Gasteiger partial charge is 0.465 e. The lowest BCUT2D eigenvalue weighted by atomic mass is 9.99. The number of rotatable bonds is 5. The van der Waals surface area contributed by atoms with Crippen molar-refractivity contribution in [1.82, 2.24) is 9.78 Å². The number of benzene rings is 3. The van der Waals surface area contributed by atoms with E-state index in [2.05, 4.69) is 15.2 Å². The fraction of sp³-hybridized carbons (Fsp3) is 0.154. The van der Waals surface area contributed by atoms with Crippen molar-refractivity contribution in [3.05, 3.63) is 93.8 Å². The quantitative estimate of drug-likeness (QED) is 0.471. The second-order valence-electron chi connectivity index (χ2n) is 7.79. The number of nitrogens with one attached hydrogen (secondary N) is 1. The van der Waals surface area contributed by atoms with Gasteiger partial charge in [0.05, 0.1) is 23.8 Å². The van der Waals surface area contributed by atoms with Gasteiger partial charge in [0.15, 0.2) is 0 Å². The van der Waals surface area contributed by atoms with E-state index in [0.717, 1.165) is 22.1 Å². The number of esters is 1. The number of aryl methyl sites for hydroxylation is 2. The molecule has 33 heavy (non-hydrogen) atoms. The number of hydrogen-bond donors (Lipinski definition) is 1. The van der Waals surface area contributed by atoms with Gasteiger partial charge in [-0.05, 0) is 55.8 Å². The zero-order valence-electron chi connectivity index (χ0n) is 18.6. The molecular weight excluding hydrogens is 418 g/mol. The minimum absolute atomic E-state index is 0.250. The highest BCUT2D eigenvalue weighted by Gasteiger charge is 2.16. The van der Waals surface area contributed by atoms with Gasteiger partial charge in [-0.25, -0.2) is 9.48 Å². The summed E-state index contributed by atoms with van der Waals surface area (Å²) < 4.78 is 5.87. The summed E-state index contributed by atoms with van der Waals surface area (Å²) in [6.07, 6.45) is 0. The molecule has 3 aromatic carbocycles. The molecule has 166 valence electrons. The summed E-state index contributed by atoms with van der Waals surface area (Å²) >= 11 is 0. The molecule has 7 heteroatoms. The first-order valence-electron chi connectivity index (χ1n) is 10.4. The van der Waals surface area contributed by atoms with Crippen molar-refractivity contribution >= 4 is 28.3 Å². The Labute approximate surface area is 190 Å². The summed E-state index contributed by atoms with van der Waals surface area (Å²) in [6, 6.07) is 19.7. The van der Waals surface area contributed by atoms with Gasteiger partial charge in [-0.2, -0.15) is 5.10 Å². The molecule has 1 N–H and O–H groups in total. The molecule has 0 fully saturated rings. The van der Waals surface area contributed by atoms with Crippen molar-refractivity contribution in [2.75, 3.05) is 12.4 Å². The fourth-order valence-corrected chi connectivity index (χ4v) is 3.68. The predicted octanol–water partition coefficient (Wildman–Crippen LogP) is 4.11. The number of carbonyl (C=O) groups is 2.